The maximum atomic E-state index is 13.0. The zero-order valence-corrected chi connectivity index (χ0v) is 16.7. The fraction of sp³-hybridized carbons (Fsp3) is 0.318. The molecule has 3 nitrogen and oxygen atoms in total. The zero-order chi connectivity index (χ0) is 19.9. The van der Waals surface area contributed by atoms with Crippen LogP contribution in [0.25, 0.3) is 6.08 Å². The number of alkyl halides is 2. The first-order chi connectivity index (χ1) is 13.4. The van der Waals surface area contributed by atoms with Crippen LogP contribution in [0.4, 0.5) is 14.5 Å². The highest BCUT2D eigenvalue weighted by Crippen LogP contribution is 2.55. The van der Waals surface area contributed by atoms with Gasteiger partial charge in [-0.05, 0) is 55.0 Å². The van der Waals surface area contributed by atoms with Gasteiger partial charge in [-0.1, -0.05) is 52.3 Å². The molecule has 0 heterocycles. The minimum atomic E-state index is -2.59. The lowest BCUT2D eigenvalue weighted by Gasteiger charge is -2.44. The molecule has 0 unspecified atom stereocenters. The van der Waals surface area contributed by atoms with Gasteiger partial charge in [0.05, 0.1) is 0 Å². The molecule has 2 N–H and O–H groups in total. The molecule has 4 rings (SSSR count). The lowest BCUT2D eigenvalue weighted by Crippen LogP contribution is -2.52. The molecular formula is C22H20BrF2NO2. The van der Waals surface area contributed by atoms with Gasteiger partial charge in [0.25, 0.3) is 6.43 Å². The van der Waals surface area contributed by atoms with Crippen LogP contribution in [0.15, 0.2) is 53.0 Å². The van der Waals surface area contributed by atoms with E-state index in [4.69, 9.17) is 0 Å². The summed E-state index contributed by atoms with van der Waals surface area (Å²) in [5, 5.41) is 13.1. The summed E-state index contributed by atoms with van der Waals surface area (Å²) in [5.74, 6) is -0.948. The van der Waals surface area contributed by atoms with Crippen molar-refractivity contribution in [3.63, 3.8) is 0 Å². The highest BCUT2D eigenvalue weighted by molar-refractivity contribution is 9.11. The highest BCUT2D eigenvalue weighted by atomic mass is 79.9. The van der Waals surface area contributed by atoms with Crippen molar-refractivity contribution in [2.24, 2.45) is 0 Å². The molecule has 0 bridgehead atoms. The molecular weight excluding hydrogens is 428 g/mol. The molecule has 0 atom stereocenters. The van der Waals surface area contributed by atoms with Gasteiger partial charge < -0.3 is 10.4 Å². The SMILES string of the molecule is O=C(O)C1(Nc2cccc(C(F)F)c2)CCC2(CC1)C(Br)=Cc1ccccc12. The van der Waals surface area contributed by atoms with Gasteiger partial charge in [0, 0.05) is 21.1 Å². The third-order valence-electron chi connectivity index (χ3n) is 6.10. The second-order valence-electron chi connectivity index (χ2n) is 7.60. The van der Waals surface area contributed by atoms with Gasteiger partial charge in [0.2, 0.25) is 0 Å². The summed E-state index contributed by atoms with van der Waals surface area (Å²) < 4.78 is 27.1. The number of benzene rings is 2. The number of carboxylic acid groups (broad SMARTS) is 1. The number of anilines is 1. The summed E-state index contributed by atoms with van der Waals surface area (Å²) in [4.78, 5) is 12.2. The quantitative estimate of drug-likeness (QED) is 0.593. The van der Waals surface area contributed by atoms with Crippen LogP contribution in [0, 0.1) is 0 Å². The molecule has 0 aromatic heterocycles. The van der Waals surface area contributed by atoms with E-state index in [0.717, 1.165) is 10.0 Å². The van der Waals surface area contributed by atoms with E-state index >= 15 is 0 Å². The van der Waals surface area contributed by atoms with Crippen molar-refractivity contribution < 1.29 is 18.7 Å². The number of rotatable bonds is 4. The van der Waals surface area contributed by atoms with Gasteiger partial charge in [-0.15, -0.1) is 0 Å². The van der Waals surface area contributed by atoms with Crippen molar-refractivity contribution in [1.29, 1.82) is 0 Å². The molecule has 2 aromatic carbocycles. The van der Waals surface area contributed by atoms with E-state index in [2.05, 4.69) is 39.5 Å². The molecule has 2 aliphatic carbocycles. The molecule has 2 aromatic rings. The Balaban J connectivity index is 1.61. The molecule has 1 spiro atoms. The minimum absolute atomic E-state index is 0.117. The maximum absolute atomic E-state index is 13.0. The first kappa shape index (κ1) is 19.1. The summed E-state index contributed by atoms with van der Waals surface area (Å²) in [6.45, 7) is 0. The summed E-state index contributed by atoms with van der Waals surface area (Å²) in [5.41, 5.74) is 1.31. The molecule has 6 heteroatoms. The predicted molar refractivity (Wildman–Crippen MR) is 109 cm³/mol. The van der Waals surface area contributed by atoms with Crippen LogP contribution in [-0.4, -0.2) is 16.6 Å². The number of nitrogens with one attached hydrogen (secondary N) is 1. The Morgan fingerprint density at radius 1 is 1.07 bits per heavy atom. The third-order valence-corrected chi connectivity index (χ3v) is 7.09. The van der Waals surface area contributed by atoms with Gasteiger partial charge in [-0.25, -0.2) is 13.6 Å². The average Bonchev–Trinajstić information content (AvgIpc) is 2.95. The number of aliphatic carboxylic acids is 1. The number of fused-ring (bicyclic) bond motifs is 2. The van der Waals surface area contributed by atoms with Crippen molar-refractivity contribution in [1.82, 2.24) is 0 Å². The summed E-state index contributed by atoms with van der Waals surface area (Å²) >= 11 is 3.71. The van der Waals surface area contributed by atoms with Gasteiger partial charge >= 0.3 is 5.97 Å². The van der Waals surface area contributed by atoms with E-state index < -0.39 is 17.9 Å². The van der Waals surface area contributed by atoms with Crippen molar-refractivity contribution in [2.75, 3.05) is 5.32 Å². The molecule has 0 saturated heterocycles. The van der Waals surface area contributed by atoms with E-state index in [1.165, 1.54) is 23.8 Å². The standard InChI is InChI=1S/C22H20BrF2NO2/c23-18-13-14-4-1-2-7-17(14)21(18)8-10-22(11-9-21,20(27)28)26-16-6-3-5-15(12-16)19(24)25/h1-7,12-13,19,26H,8-11H2,(H,27,28). The normalized spacial score (nSPS) is 26.2. The Morgan fingerprint density at radius 3 is 2.46 bits per heavy atom. The summed E-state index contributed by atoms with van der Waals surface area (Å²) in [7, 11) is 0. The Bertz CT molecular complexity index is 949. The Kier molecular flexibility index (Phi) is 4.78. The lowest BCUT2D eigenvalue weighted by molar-refractivity contribution is -0.143. The lowest BCUT2D eigenvalue weighted by atomic mass is 9.65. The van der Waals surface area contributed by atoms with Crippen LogP contribution in [0.2, 0.25) is 0 Å². The van der Waals surface area contributed by atoms with Crippen LogP contribution in [0.1, 0.15) is 48.8 Å². The van der Waals surface area contributed by atoms with Gasteiger partial charge in [0.15, 0.2) is 0 Å². The van der Waals surface area contributed by atoms with Crippen molar-refractivity contribution in [3.8, 4) is 0 Å². The van der Waals surface area contributed by atoms with Crippen LogP contribution in [-0.2, 0) is 10.2 Å². The third kappa shape index (κ3) is 3.04. The first-order valence-corrected chi connectivity index (χ1v) is 10.0. The van der Waals surface area contributed by atoms with E-state index in [1.807, 2.05) is 12.1 Å². The van der Waals surface area contributed by atoms with Crippen molar-refractivity contribution in [3.05, 3.63) is 69.7 Å². The molecule has 1 saturated carbocycles. The number of halogens is 3. The number of carboxylic acids is 1. The fourth-order valence-electron chi connectivity index (χ4n) is 4.49. The maximum Gasteiger partial charge on any atom is 0.329 e. The second kappa shape index (κ2) is 6.99. The summed E-state index contributed by atoms with van der Waals surface area (Å²) in [6, 6.07) is 14.0. The van der Waals surface area contributed by atoms with E-state index in [9.17, 15) is 18.7 Å². The molecule has 146 valence electrons. The number of hydrogen-bond donors (Lipinski definition) is 2. The van der Waals surface area contributed by atoms with Crippen LogP contribution in [0.3, 0.4) is 0 Å². The van der Waals surface area contributed by atoms with E-state index in [1.54, 1.807) is 6.07 Å². The Morgan fingerprint density at radius 2 is 1.79 bits per heavy atom. The first-order valence-electron chi connectivity index (χ1n) is 9.23. The summed E-state index contributed by atoms with van der Waals surface area (Å²) in [6.07, 6.45) is 1.65. The molecule has 28 heavy (non-hydrogen) atoms. The predicted octanol–water partition coefficient (Wildman–Crippen LogP) is 6.12. The van der Waals surface area contributed by atoms with Crippen molar-refractivity contribution in [2.45, 2.75) is 43.1 Å². The Hall–Kier alpha value is -2.21. The van der Waals surface area contributed by atoms with Gasteiger partial charge in [-0.3, -0.25) is 0 Å². The number of carbonyl (C=O) groups is 1. The van der Waals surface area contributed by atoms with Gasteiger partial charge in [0.1, 0.15) is 5.54 Å². The van der Waals surface area contributed by atoms with E-state index in [0.29, 0.717) is 31.4 Å². The highest BCUT2D eigenvalue weighted by Gasteiger charge is 2.51. The molecule has 0 aliphatic heterocycles. The minimum Gasteiger partial charge on any atom is -0.480 e. The number of allylic oxidation sites excluding steroid dienone is 1. The van der Waals surface area contributed by atoms with Crippen molar-refractivity contribution >= 4 is 33.7 Å². The topological polar surface area (TPSA) is 49.3 Å². The average molecular weight is 448 g/mol. The molecule has 2 aliphatic rings. The molecule has 1 fully saturated rings. The Labute approximate surface area is 170 Å². The monoisotopic (exact) mass is 447 g/mol. The largest absolute Gasteiger partial charge is 0.480 e. The zero-order valence-electron chi connectivity index (χ0n) is 15.1. The smallest absolute Gasteiger partial charge is 0.329 e. The molecule has 0 radical (unpaired) electrons. The van der Waals surface area contributed by atoms with Gasteiger partial charge in [-0.2, -0.15) is 0 Å². The number of hydrogen-bond acceptors (Lipinski definition) is 2. The fourth-order valence-corrected chi connectivity index (χ4v) is 5.35. The van der Waals surface area contributed by atoms with Crippen LogP contribution < -0.4 is 5.32 Å². The molecule has 0 amide bonds. The van der Waals surface area contributed by atoms with Crippen LogP contribution in [0.5, 0.6) is 0 Å². The van der Waals surface area contributed by atoms with Crippen LogP contribution >= 0.6 is 15.9 Å². The van der Waals surface area contributed by atoms with E-state index in [-0.39, 0.29) is 11.0 Å². The second-order valence-corrected chi connectivity index (χ2v) is 8.45.